The van der Waals surface area contributed by atoms with Gasteiger partial charge in [0.2, 0.25) is 5.78 Å². The fraction of sp³-hybridized carbons (Fsp3) is 0.286. The van der Waals surface area contributed by atoms with E-state index in [0.717, 1.165) is 65.3 Å². The van der Waals surface area contributed by atoms with Gasteiger partial charge in [0.25, 0.3) is 0 Å². The van der Waals surface area contributed by atoms with E-state index in [1.807, 2.05) is 53.4 Å². The summed E-state index contributed by atoms with van der Waals surface area (Å²) < 4.78 is 6.43. The molecule has 188 valence electrons. The lowest BCUT2D eigenvalue weighted by molar-refractivity contribution is 0.103. The first-order chi connectivity index (χ1) is 18.1. The topological polar surface area (TPSA) is 87.7 Å². The van der Waals surface area contributed by atoms with E-state index >= 15 is 0 Å². The van der Waals surface area contributed by atoms with Gasteiger partial charge < -0.3 is 19.9 Å². The third-order valence-electron chi connectivity index (χ3n) is 7.20. The van der Waals surface area contributed by atoms with Gasteiger partial charge in [-0.25, -0.2) is 14.8 Å². The standard InChI is InChI=1S/C28H27N5O3S/c1-36-21-6-7-22-18(14-21)8-13-33(28(35)31-22)20-9-11-32(12-10-20)26-16-23(29-17-30-26)27(34)25-15-19-4-2-3-5-24(19)37-25/h2-7,14-17,20H,8-13H2,1H3,(H,31,35). The van der Waals surface area contributed by atoms with Crippen LogP contribution in [-0.4, -0.2) is 59.5 Å². The van der Waals surface area contributed by atoms with E-state index < -0.39 is 0 Å². The Hall–Kier alpha value is -3.98. The average Bonchev–Trinajstić information content (AvgIpc) is 3.31. The smallest absolute Gasteiger partial charge is 0.322 e. The number of carbonyl (C=O) groups is 2. The van der Waals surface area contributed by atoms with E-state index in [1.165, 1.54) is 17.7 Å². The monoisotopic (exact) mass is 513 g/mol. The van der Waals surface area contributed by atoms with Gasteiger partial charge in [-0.05, 0) is 60.5 Å². The lowest BCUT2D eigenvalue weighted by Gasteiger charge is -2.38. The quantitative estimate of drug-likeness (QED) is 0.378. The molecule has 8 nitrogen and oxygen atoms in total. The summed E-state index contributed by atoms with van der Waals surface area (Å²) in [6.45, 7) is 2.17. The zero-order valence-corrected chi connectivity index (χ0v) is 21.3. The number of fused-ring (bicyclic) bond motifs is 2. The second-order valence-corrected chi connectivity index (χ2v) is 10.4. The fourth-order valence-corrected chi connectivity index (χ4v) is 6.19. The number of piperidine rings is 1. The molecule has 1 N–H and O–H groups in total. The third-order valence-corrected chi connectivity index (χ3v) is 8.32. The number of amides is 2. The summed E-state index contributed by atoms with van der Waals surface area (Å²) in [5.41, 5.74) is 2.34. The zero-order valence-electron chi connectivity index (χ0n) is 20.5. The molecule has 0 bridgehead atoms. The van der Waals surface area contributed by atoms with Gasteiger partial charge in [0.1, 0.15) is 23.6 Å². The summed E-state index contributed by atoms with van der Waals surface area (Å²) in [5, 5.41) is 4.13. The van der Waals surface area contributed by atoms with Crippen LogP contribution in [0.4, 0.5) is 16.3 Å². The first-order valence-corrected chi connectivity index (χ1v) is 13.3. The van der Waals surface area contributed by atoms with E-state index in [2.05, 4.69) is 20.2 Å². The number of hydrogen-bond donors (Lipinski definition) is 1. The summed E-state index contributed by atoms with van der Waals surface area (Å²) >= 11 is 1.48. The lowest BCUT2D eigenvalue weighted by Crippen LogP contribution is -2.49. The summed E-state index contributed by atoms with van der Waals surface area (Å²) in [6.07, 6.45) is 3.91. The van der Waals surface area contributed by atoms with E-state index in [1.54, 1.807) is 13.2 Å². The molecule has 37 heavy (non-hydrogen) atoms. The second-order valence-electron chi connectivity index (χ2n) is 9.35. The van der Waals surface area contributed by atoms with Crippen LogP contribution < -0.4 is 15.0 Å². The van der Waals surface area contributed by atoms with Gasteiger partial charge in [0.05, 0.1) is 12.0 Å². The maximum atomic E-state index is 13.2. The zero-order chi connectivity index (χ0) is 25.4. The summed E-state index contributed by atoms with van der Waals surface area (Å²) in [4.78, 5) is 39.7. The number of aromatic nitrogens is 2. The Bertz CT molecular complexity index is 1440. The van der Waals surface area contributed by atoms with E-state index in [4.69, 9.17) is 4.74 Å². The van der Waals surface area contributed by atoms with E-state index in [9.17, 15) is 9.59 Å². The summed E-state index contributed by atoms with van der Waals surface area (Å²) in [7, 11) is 1.65. The van der Waals surface area contributed by atoms with Crippen molar-refractivity contribution in [2.24, 2.45) is 0 Å². The molecule has 0 atom stereocenters. The fourth-order valence-electron chi connectivity index (χ4n) is 5.17. The molecule has 2 aromatic carbocycles. The average molecular weight is 514 g/mol. The molecular weight excluding hydrogens is 486 g/mol. The van der Waals surface area contributed by atoms with Crippen LogP contribution in [0, 0.1) is 0 Å². The summed E-state index contributed by atoms with van der Waals surface area (Å²) in [5.74, 6) is 1.46. The molecule has 6 rings (SSSR count). The molecule has 1 fully saturated rings. The molecule has 0 aliphatic carbocycles. The number of hydrogen-bond acceptors (Lipinski definition) is 7. The second kappa shape index (κ2) is 9.82. The minimum atomic E-state index is -0.0860. The Labute approximate surface area is 218 Å². The van der Waals surface area contributed by atoms with Gasteiger partial charge in [-0.15, -0.1) is 11.3 Å². The minimum Gasteiger partial charge on any atom is -0.497 e. The number of anilines is 2. The van der Waals surface area contributed by atoms with Crippen molar-refractivity contribution in [1.29, 1.82) is 0 Å². The molecule has 4 aromatic rings. The molecule has 0 saturated carbocycles. The molecule has 2 aliphatic rings. The summed E-state index contributed by atoms with van der Waals surface area (Å²) in [6, 6.07) is 17.6. The number of ether oxygens (including phenoxy) is 1. The van der Waals surface area contributed by atoms with Crippen molar-refractivity contribution in [3.8, 4) is 5.75 Å². The van der Waals surface area contributed by atoms with Crippen LogP contribution >= 0.6 is 11.3 Å². The van der Waals surface area contributed by atoms with Crippen LogP contribution in [0.3, 0.4) is 0 Å². The first-order valence-electron chi connectivity index (χ1n) is 12.4. The Balaban J connectivity index is 1.12. The van der Waals surface area contributed by atoms with Crippen molar-refractivity contribution < 1.29 is 14.3 Å². The SMILES string of the molecule is COc1ccc2c(c1)CCN(C1CCN(c3cc(C(=O)c4cc5ccccc5s4)ncn3)CC1)C(=O)N2. The van der Waals surface area contributed by atoms with Crippen molar-refractivity contribution in [1.82, 2.24) is 14.9 Å². The van der Waals surface area contributed by atoms with Crippen molar-refractivity contribution in [3.63, 3.8) is 0 Å². The molecule has 2 amide bonds. The minimum absolute atomic E-state index is 0.0550. The number of benzene rings is 2. The molecule has 1 saturated heterocycles. The maximum absolute atomic E-state index is 13.2. The molecule has 2 aliphatic heterocycles. The van der Waals surface area contributed by atoms with Crippen molar-refractivity contribution in [3.05, 3.63) is 77.1 Å². The predicted octanol–water partition coefficient (Wildman–Crippen LogP) is 4.99. The lowest BCUT2D eigenvalue weighted by atomic mass is 10.0. The Morgan fingerprint density at radius 2 is 1.89 bits per heavy atom. The van der Waals surface area contributed by atoms with Gasteiger partial charge in [-0.3, -0.25) is 4.79 Å². The maximum Gasteiger partial charge on any atom is 0.322 e. The molecular formula is C28H27N5O3S. The van der Waals surface area contributed by atoms with Crippen LogP contribution in [0.25, 0.3) is 10.1 Å². The number of methoxy groups -OCH3 is 1. The van der Waals surface area contributed by atoms with Gasteiger partial charge in [-0.2, -0.15) is 0 Å². The Kier molecular flexibility index (Phi) is 6.21. The molecule has 4 heterocycles. The number of nitrogens with zero attached hydrogens (tertiary/aromatic N) is 4. The van der Waals surface area contributed by atoms with Crippen molar-refractivity contribution in [2.75, 3.05) is 37.0 Å². The Morgan fingerprint density at radius 1 is 1.05 bits per heavy atom. The highest BCUT2D eigenvalue weighted by atomic mass is 32.1. The number of ketones is 1. The van der Waals surface area contributed by atoms with E-state index in [-0.39, 0.29) is 17.9 Å². The van der Waals surface area contributed by atoms with Crippen LogP contribution in [0.1, 0.15) is 33.8 Å². The highest BCUT2D eigenvalue weighted by Gasteiger charge is 2.31. The number of thiophene rings is 1. The van der Waals surface area contributed by atoms with Crippen LogP contribution in [0.5, 0.6) is 5.75 Å². The largest absolute Gasteiger partial charge is 0.497 e. The van der Waals surface area contributed by atoms with Gasteiger partial charge in [0, 0.05) is 42.1 Å². The molecule has 0 radical (unpaired) electrons. The highest BCUT2D eigenvalue weighted by molar-refractivity contribution is 7.21. The number of carbonyl (C=O) groups excluding carboxylic acids is 2. The highest BCUT2D eigenvalue weighted by Crippen LogP contribution is 2.30. The van der Waals surface area contributed by atoms with Crippen molar-refractivity contribution in [2.45, 2.75) is 25.3 Å². The molecule has 9 heteroatoms. The molecule has 2 aromatic heterocycles. The molecule has 0 spiro atoms. The third kappa shape index (κ3) is 4.62. The Morgan fingerprint density at radius 3 is 2.70 bits per heavy atom. The van der Waals surface area contributed by atoms with Gasteiger partial charge >= 0.3 is 6.03 Å². The number of nitrogens with one attached hydrogen (secondary N) is 1. The predicted molar refractivity (Wildman–Crippen MR) is 145 cm³/mol. The molecule has 0 unspecified atom stereocenters. The van der Waals surface area contributed by atoms with E-state index in [0.29, 0.717) is 17.1 Å². The van der Waals surface area contributed by atoms with Crippen molar-refractivity contribution >= 4 is 44.7 Å². The normalized spacial score (nSPS) is 16.3. The van der Waals surface area contributed by atoms with Crippen LogP contribution in [-0.2, 0) is 6.42 Å². The number of urea groups is 1. The van der Waals surface area contributed by atoms with Gasteiger partial charge in [-0.1, -0.05) is 18.2 Å². The van der Waals surface area contributed by atoms with Crippen LogP contribution in [0.2, 0.25) is 0 Å². The van der Waals surface area contributed by atoms with Crippen LogP contribution in [0.15, 0.2) is 60.9 Å². The number of rotatable bonds is 5. The van der Waals surface area contributed by atoms with Gasteiger partial charge in [0.15, 0.2) is 0 Å². The first kappa shape index (κ1) is 23.4.